The summed E-state index contributed by atoms with van der Waals surface area (Å²) in [4.78, 5) is 20.2. The summed E-state index contributed by atoms with van der Waals surface area (Å²) in [5.74, 6) is 2.58. The lowest BCUT2D eigenvalue weighted by Crippen LogP contribution is -2.36. The highest BCUT2D eigenvalue weighted by atomic mass is 16.1. The summed E-state index contributed by atoms with van der Waals surface area (Å²) in [6.07, 6.45) is 8.35. The lowest BCUT2D eigenvalue weighted by atomic mass is 9.88. The highest BCUT2D eigenvalue weighted by Gasteiger charge is 2.42. The van der Waals surface area contributed by atoms with Crippen LogP contribution in [0.3, 0.4) is 0 Å². The Morgan fingerprint density at radius 2 is 2.05 bits per heavy atom. The van der Waals surface area contributed by atoms with Crippen LogP contribution in [0.5, 0.6) is 0 Å². The number of nitrogens with zero attached hydrogens (tertiary/aromatic N) is 2. The molecule has 2 aliphatic carbocycles. The van der Waals surface area contributed by atoms with Crippen LogP contribution in [0.2, 0.25) is 0 Å². The number of rotatable bonds is 5. The number of aromatic nitrogens is 2. The number of carbonyl (C=O) groups is 1. The monoisotopic (exact) mass is 260 g/mol. The third-order valence-corrected chi connectivity index (χ3v) is 4.35. The first-order valence-corrected chi connectivity index (χ1v) is 7.11. The number of anilines is 1. The van der Waals surface area contributed by atoms with E-state index in [-0.39, 0.29) is 11.8 Å². The minimum absolute atomic E-state index is 0.239. The van der Waals surface area contributed by atoms with Gasteiger partial charge in [0.2, 0.25) is 11.9 Å². The Morgan fingerprint density at radius 3 is 2.74 bits per heavy atom. The minimum Gasteiger partial charge on any atom is -0.354 e. The summed E-state index contributed by atoms with van der Waals surface area (Å²) in [5.41, 5.74) is 0. The van der Waals surface area contributed by atoms with E-state index in [4.69, 9.17) is 0 Å². The fourth-order valence-corrected chi connectivity index (χ4v) is 3.45. The van der Waals surface area contributed by atoms with Gasteiger partial charge in [0.15, 0.2) is 0 Å². The molecule has 2 aliphatic rings. The van der Waals surface area contributed by atoms with Gasteiger partial charge in [-0.25, -0.2) is 9.97 Å². The number of fused-ring (bicyclic) bond motifs is 2. The quantitative estimate of drug-likeness (QED) is 0.786. The van der Waals surface area contributed by atoms with E-state index < -0.39 is 0 Å². The van der Waals surface area contributed by atoms with Gasteiger partial charge >= 0.3 is 0 Å². The zero-order valence-corrected chi connectivity index (χ0v) is 11.0. The van der Waals surface area contributed by atoms with Crippen LogP contribution in [-0.4, -0.2) is 29.0 Å². The summed E-state index contributed by atoms with van der Waals surface area (Å²) >= 11 is 0. The molecule has 2 N–H and O–H groups in total. The molecule has 3 atom stereocenters. The Morgan fingerprint density at radius 1 is 1.21 bits per heavy atom. The summed E-state index contributed by atoms with van der Waals surface area (Å²) in [7, 11) is 0. The van der Waals surface area contributed by atoms with Gasteiger partial charge in [0.1, 0.15) is 0 Å². The van der Waals surface area contributed by atoms with Crippen molar-refractivity contribution in [1.29, 1.82) is 0 Å². The second kappa shape index (κ2) is 5.55. The van der Waals surface area contributed by atoms with Gasteiger partial charge < -0.3 is 10.6 Å². The van der Waals surface area contributed by atoms with Crippen molar-refractivity contribution in [2.24, 2.45) is 17.8 Å². The third kappa shape index (κ3) is 2.85. The van der Waals surface area contributed by atoms with E-state index >= 15 is 0 Å². The largest absolute Gasteiger partial charge is 0.354 e. The molecule has 5 nitrogen and oxygen atoms in total. The maximum absolute atomic E-state index is 12.1. The molecule has 102 valence electrons. The van der Waals surface area contributed by atoms with Crippen molar-refractivity contribution in [1.82, 2.24) is 15.3 Å². The molecule has 19 heavy (non-hydrogen) atoms. The number of nitrogens with one attached hydrogen (secondary N) is 2. The first kappa shape index (κ1) is 12.4. The van der Waals surface area contributed by atoms with Gasteiger partial charge in [-0.05, 0) is 37.2 Å². The van der Waals surface area contributed by atoms with Crippen molar-refractivity contribution in [2.45, 2.75) is 25.7 Å². The van der Waals surface area contributed by atoms with Crippen LogP contribution in [0.25, 0.3) is 0 Å². The Bertz CT molecular complexity index is 436. The van der Waals surface area contributed by atoms with Gasteiger partial charge in [-0.15, -0.1) is 0 Å². The first-order chi connectivity index (χ1) is 9.33. The van der Waals surface area contributed by atoms with E-state index in [1.165, 1.54) is 19.3 Å². The molecule has 1 aromatic rings. The number of amides is 1. The van der Waals surface area contributed by atoms with E-state index in [1.807, 2.05) is 0 Å². The van der Waals surface area contributed by atoms with Crippen LogP contribution in [-0.2, 0) is 4.79 Å². The van der Waals surface area contributed by atoms with Gasteiger partial charge in [0, 0.05) is 31.4 Å². The fraction of sp³-hybridized carbons (Fsp3) is 0.643. The number of hydrogen-bond donors (Lipinski definition) is 2. The number of hydrogen-bond acceptors (Lipinski definition) is 4. The van der Waals surface area contributed by atoms with Gasteiger partial charge in [-0.3, -0.25) is 4.79 Å². The average molecular weight is 260 g/mol. The number of carbonyl (C=O) groups excluding carboxylic acids is 1. The van der Waals surface area contributed by atoms with Crippen LogP contribution in [0, 0.1) is 17.8 Å². The van der Waals surface area contributed by atoms with E-state index in [0.29, 0.717) is 25.0 Å². The van der Waals surface area contributed by atoms with Crippen LogP contribution in [0.15, 0.2) is 18.5 Å². The van der Waals surface area contributed by atoms with E-state index in [1.54, 1.807) is 18.5 Å². The average Bonchev–Trinajstić information content (AvgIpc) is 3.07. The molecule has 0 aromatic carbocycles. The summed E-state index contributed by atoms with van der Waals surface area (Å²) in [6.45, 7) is 1.29. The van der Waals surface area contributed by atoms with Crippen molar-refractivity contribution in [2.75, 3.05) is 18.4 Å². The van der Waals surface area contributed by atoms with Crippen molar-refractivity contribution >= 4 is 11.9 Å². The molecule has 2 fully saturated rings. The molecule has 0 radical (unpaired) electrons. The Hall–Kier alpha value is -1.65. The molecular weight excluding hydrogens is 240 g/mol. The lowest BCUT2D eigenvalue weighted by Gasteiger charge is -2.20. The van der Waals surface area contributed by atoms with E-state index in [9.17, 15) is 4.79 Å². The van der Waals surface area contributed by atoms with Gasteiger partial charge in [0.05, 0.1) is 0 Å². The SMILES string of the molecule is O=C(NCCNc1ncccn1)[C@H]1C[C@H]2CC[C@H]1C2. The highest BCUT2D eigenvalue weighted by molar-refractivity contribution is 5.79. The summed E-state index contributed by atoms with van der Waals surface area (Å²) in [5, 5.41) is 6.11. The van der Waals surface area contributed by atoms with E-state index in [0.717, 1.165) is 12.3 Å². The zero-order chi connectivity index (χ0) is 13.1. The fourth-order valence-electron chi connectivity index (χ4n) is 3.45. The summed E-state index contributed by atoms with van der Waals surface area (Å²) in [6, 6.07) is 1.78. The molecule has 1 amide bonds. The standard InChI is InChI=1S/C14H20N4O/c19-13(12-9-10-2-3-11(12)8-10)15-6-7-18-14-16-4-1-5-17-14/h1,4-5,10-12H,2-3,6-9H2,(H,15,19)(H,16,17,18)/t10-,11-,12-/m0/s1. The Labute approximate surface area is 113 Å². The maximum atomic E-state index is 12.1. The smallest absolute Gasteiger partial charge is 0.223 e. The van der Waals surface area contributed by atoms with Crippen LogP contribution in [0.4, 0.5) is 5.95 Å². The highest BCUT2D eigenvalue weighted by Crippen LogP contribution is 2.48. The van der Waals surface area contributed by atoms with Crippen molar-refractivity contribution < 1.29 is 4.79 Å². The lowest BCUT2D eigenvalue weighted by molar-refractivity contribution is -0.126. The molecule has 0 unspecified atom stereocenters. The topological polar surface area (TPSA) is 66.9 Å². The third-order valence-electron chi connectivity index (χ3n) is 4.35. The summed E-state index contributed by atoms with van der Waals surface area (Å²) < 4.78 is 0. The predicted molar refractivity (Wildman–Crippen MR) is 72.5 cm³/mol. The molecule has 0 aliphatic heterocycles. The predicted octanol–water partition coefficient (Wildman–Crippen LogP) is 1.44. The molecule has 1 heterocycles. The molecular formula is C14H20N4O. The van der Waals surface area contributed by atoms with Crippen LogP contribution < -0.4 is 10.6 Å². The van der Waals surface area contributed by atoms with Crippen molar-refractivity contribution in [3.05, 3.63) is 18.5 Å². The zero-order valence-electron chi connectivity index (χ0n) is 11.0. The van der Waals surface area contributed by atoms with Crippen molar-refractivity contribution in [3.63, 3.8) is 0 Å². The molecule has 1 aromatic heterocycles. The molecule has 3 rings (SSSR count). The normalized spacial score (nSPS) is 28.3. The van der Waals surface area contributed by atoms with Gasteiger partial charge in [-0.1, -0.05) is 6.42 Å². The first-order valence-electron chi connectivity index (χ1n) is 7.11. The van der Waals surface area contributed by atoms with Crippen LogP contribution >= 0.6 is 0 Å². The van der Waals surface area contributed by atoms with Gasteiger partial charge in [-0.2, -0.15) is 0 Å². The molecule has 0 spiro atoms. The molecule has 2 saturated carbocycles. The minimum atomic E-state index is 0.239. The second-order valence-corrected chi connectivity index (χ2v) is 5.57. The Kier molecular flexibility index (Phi) is 3.62. The maximum Gasteiger partial charge on any atom is 0.223 e. The second-order valence-electron chi connectivity index (χ2n) is 5.57. The van der Waals surface area contributed by atoms with Crippen molar-refractivity contribution in [3.8, 4) is 0 Å². The Balaban J connectivity index is 1.37. The van der Waals surface area contributed by atoms with E-state index in [2.05, 4.69) is 20.6 Å². The molecule has 0 saturated heterocycles. The molecule has 5 heteroatoms. The van der Waals surface area contributed by atoms with Gasteiger partial charge in [0.25, 0.3) is 0 Å². The van der Waals surface area contributed by atoms with Crippen LogP contribution in [0.1, 0.15) is 25.7 Å². The molecule has 2 bridgehead atoms.